The fourth-order valence-electron chi connectivity index (χ4n) is 2.71. The smallest absolute Gasteiger partial charge is 0.255 e. The van der Waals surface area contributed by atoms with Gasteiger partial charge in [0.05, 0.1) is 7.11 Å². The normalized spacial score (nSPS) is 10.7. The van der Waals surface area contributed by atoms with Crippen LogP contribution in [0.5, 0.6) is 5.75 Å². The van der Waals surface area contributed by atoms with E-state index in [1.54, 1.807) is 31.4 Å². The monoisotopic (exact) mass is 362 g/mol. The lowest BCUT2D eigenvalue weighted by Crippen LogP contribution is -2.11. The van der Waals surface area contributed by atoms with Gasteiger partial charge in [0, 0.05) is 22.9 Å². The third-order valence-corrected chi connectivity index (χ3v) is 4.05. The second-order valence-electron chi connectivity index (χ2n) is 5.90. The number of carbonyl (C=O) groups excluding carboxylic acids is 1. The molecule has 0 aliphatic carbocycles. The first-order valence-electron chi connectivity index (χ1n) is 8.24. The van der Waals surface area contributed by atoms with E-state index in [1.807, 2.05) is 24.3 Å². The molecule has 4 aromatic rings. The Labute approximate surface area is 154 Å². The number of nitrogens with zero attached hydrogens (tertiary/aromatic N) is 1. The zero-order chi connectivity index (χ0) is 18.8. The average Bonchev–Trinajstić information content (AvgIpc) is 3.11. The zero-order valence-electron chi connectivity index (χ0n) is 14.4. The molecule has 3 aromatic carbocycles. The molecule has 0 spiro atoms. The molecule has 0 bridgehead atoms. The number of nitrogens with one attached hydrogen (secondary N) is 1. The predicted molar refractivity (Wildman–Crippen MR) is 100 cm³/mol. The molecule has 27 heavy (non-hydrogen) atoms. The Bertz CT molecular complexity index is 1140. The van der Waals surface area contributed by atoms with E-state index in [0.29, 0.717) is 28.4 Å². The number of hydrogen-bond donors (Lipinski definition) is 1. The summed E-state index contributed by atoms with van der Waals surface area (Å²) in [6.45, 7) is 0. The Hall–Kier alpha value is -3.67. The Morgan fingerprint density at radius 2 is 1.93 bits per heavy atom. The van der Waals surface area contributed by atoms with E-state index in [9.17, 15) is 9.18 Å². The lowest BCUT2D eigenvalue weighted by atomic mass is 10.2. The van der Waals surface area contributed by atoms with Gasteiger partial charge in [0.2, 0.25) is 5.89 Å². The van der Waals surface area contributed by atoms with Crippen molar-refractivity contribution < 1.29 is 18.3 Å². The number of carbonyl (C=O) groups is 1. The molecule has 0 aliphatic heterocycles. The quantitative estimate of drug-likeness (QED) is 0.561. The van der Waals surface area contributed by atoms with E-state index in [2.05, 4.69) is 10.3 Å². The molecular weight excluding hydrogens is 347 g/mol. The van der Waals surface area contributed by atoms with Crippen molar-refractivity contribution in [2.75, 3.05) is 12.4 Å². The molecule has 1 N–H and O–H groups in total. The lowest BCUT2D eigenvalue weighted by molar-refractivity contribution is 0.102. The number of ether oxygens (including phenoxy) is 1. The molecule has 0 fully saturated rings. The SMILES string of the molecule is COc1cccc(-c2nc3ccc(NC(=O)c4cccc(F)c4)cc3o2)c1. The van der Waals surface area contributed by atoms with Gasteiger partial charge in [0.15, 0.2) is 5.58 Å². The van der Waals surface area contributed by atoms with Gasteiger partial charge in [-0.2, -0.15) is 0 Å². The summed E-state index contributed by atoms with van der Waals surface area (Å²) in [6.07, 6.45) is 0. The molecule has 1 amide bonds. The van der Waals surface area contributed by atoms with E-state index in [4.69, 9.17) is 9.15 Å². The molecule has 6 heteroatoms. The summed E-state index contributed by atoms with van der Waals surface area (Å²) >= 11 is 0. The summed E-state index contributed by atoms with van der Waals surface area (Å²) < 4.78 is 24.3. The van der Waals surface area contributed by atoms with Crippen molar-refractivity contribution in [3.05, 3.63) is 78.1 Å². The molecule has 5 nitrogen and oxygen atoms in total. The topological polar surface area (TPSA) is 64.4 Å². The van der Waals surface area contributed by atoms with Crippen molar-refractivity contribution in [1.29, 1.82) is 0 Å². The number of anilines is 1. The first-order valence-corrected chi connectivity index (χ1v) is 8.24. The summed E-state index contributed by atoms with van der Waals surface area (Å²) in [6, 6.07) is 18.1. The van der Waals surface area contributed by atoms with Crippen LogP contribution in [0.4, 0.5) is 10.1 Å². The van der Waals surface area contributed by atoms with Crippen molar-refractivity contribution in [2.24, 2.45) is 0 Å². The molecule has 0 aliphatic rings. The largest absolute Gasteiger partial charge is 0.497 e. The third-order valence-electron chi connectivity index (χ3n) is 4.05. The first-order chi connectivity index (χ1) is 13.1. The van der Waals surface area contributed by atoms with Gasteiger partial charge in [-0.15, -0.1) is 0 Å². The molecule has 4 rings (SSSR count). The summed E-state index contributed by atoms with van der Waals surface area (Å²) in [5.74, 6) is 0.299. The Kier molecular flexibility index (Phi) is 4.30. The van der Waals surface area contributed by atoms with Crippen molar-refractivity contribution in [3.63, 3.8) is 0 Å². The van der Waals surface area contributed by atoms with Gasteiger partial charge in [-0.1, -0.05) is 12.1 Å². The summed E-state index contributed by atoms with van der Waals surface area (Å²) in [5.41, 5.74) is 2.76. The predicted octanol–water partition coefficient (Wildman–Crippen LogP) is 4.89. The highest BCUT2D eigenvalue weighted by molar-refractivity contribution is 6.04. The maximum atomic E-state index is 13.3. The maximum Gasteiger partial charge on any atom is 0.255 e. The molecule has 0 saturated carbocycles. The maximum absolute atomic E-state index is 13.3. The summed E-state index contributed by atoms with van der Waals surface area (Å²) in [5, 5.41) is 2.73. The highest BCUT2D eigenvalue weighted by Crippen LogP contribution is 2.28. The number of aromatic nitrogens is 1. The summed E-state index contributed by atoms with van der Waals surface area (Å²) in [4.78, 5) is 16.7. The van der Waals surface area contributed by atoms with E-state index in [1.165, 1.54) is 18.2 Å². The van der Waals surface area contributed by atoms with Gasteiger partial charge >= 0.3 is 0 Å². The van der Waals surface area contributed by atoms with Crippen LogP contribution >= 0.6 is 0 Å². The lowest BCUT2D eigenvalue weighted by Gasteiger charge is -2.04. The molecule has 0 unspecified atom stereocenters. The van der Waals surface area contributed by atoms with Crippen LogP contribution in [-0.4, -0.2) is 18.0 Å². The highest BCUT2D eigenvalue weighted by atomic mass is 19.1. The van der Waals surface area contributed by atoms with Crippen LogP contribution < -0.4 is 10.1 Å². The van der Waals surface area contributed by atoms with E-state index >= 15 is 0 Å². The number of fused-ring (bicyclic) bond motifs is 1. The van der Waals surface area contributed by atoms with Crippen LogP contribution in [0.15, 0.2) is 71.1 Å². The van der Waals surface area contributed by atoms with Crippen LogP contribution in [0.25, 0.3) is 22.6 Å². The van der Waals surface area contributed by atoms with E-state index in [-0.39, 0.29) is 5.56 Å². The summed E-state index contributed by atoms with van der Waals surface area (Å²) in [7, 11) is 1.60. The number of methoxy groups -OCH3 is 1. The average molecular weight is 362 g/mol. The molecular formula is C21H15FN2O3. The number of hydrogen-bond acceptors (Lipinski definition) is 4. The van der Waals surface area contributed by atoms with E-state index in [0.717, 1.165) is 5.56 Å². The van der Waals surface area contributed by atoms with Crippen LogP contribution in [0.2, 0.25) is 0 Å². The van der Waals surface area contributed by atoms with Crippen molar-refractivity contribution in [1.82, 2.24) is 4.98 Å². The zero-order valence-corrected chi connectivity index (χ0v) is 14.4. The first kappa shape index (κ1) is 16.8. The number of halogens is 1. The van der Waals surface area contributed by atoms with Crippen molar-refractivity contribution >= 4 is 22.7 Å². The van der Waals surface area contributed by atoms with E-state index < -0.39 is 11.7 Å². The minimum Gasteiger partial charge on any atom is -0.497 e. The minimum absolute atomic E-state index is 0.240. The number of amides is 1. The van der Waals surface area contributed by atoms with Gasteiger partial charge in [-0.05, 0) is 48.5 Å². The Balaban J connectivity index is 1.61. The molecule has 1 aromatic heterocycles. The molecule has 0 saturated heterocycles. The van der Waals surface area contributed by atoms with Crippen LogP contribution in [-0.2, 0) is 0 Å². The number of oxazole rings is 1. The van der Waals surface area contributed by atoms with Crippen LogP contribution in [0.3, 0.4) is 0 Å². The van der Waals surface area contributed by atoms with Gasteiger partial charge in [0.1, 0.15) is 17.1 Å². The number of benzene rings is 3. The fourth-order valence-corrected chi connectivity index (χ4v) is 2.71. The molecule has 0 atom stereocenters. The molecule has 0 radical (unpaired) electrons. The Morgan fingerprint density at radius 1 is 1.07 bits per heavy atom. The molecule has 1 heterocycles. The standard InChI is InChI=1S/C21H15FN2O3/c1-26-17-7-3-5-14(11-17)21-24-18-9-8-16(12-19(18)27-21)23-20(25)13-4-2-6-15(22)10-13/h2-12H,1H3,(H,23,25). The van der Waals surface area contributed by atoms with Gasteiger partial charge in [0.25, 0.3) is 5.91 Å². The highest BCUT2D eigenvalue weighted by Gasteiger charge is 2.12. The van der Waals surface area contributed by atoms with Crippen molar-refractivity contribution in [3.8, 4) is 17.2 Å². The minimum atomic E-state index is -0.462. The van der Waals surface area contributed by atoms with Crippen LogP contribution in [0, 0.1) is 5.82 Å². The fraction of sp³-hybridized carbons (Fsp3) is 0.0476. The van der Waals surface area contributed by atoms with Gasteiger partial charge in [-0.3, -0.25) is 4.79 Å². The third kappa shape index (κ3) is 3.50. The van der Waals surface area contributed by atoms with Gasteiger partial charge in [-0.25, -0.2) is 9.37 Å². The number of rotatable bonds is 4. The Morgan fingerprint density at radius 3 is 2.74 bits per heavy atom. The molecule has 134 valence electrons. The van der Waals surface area contributed by atoms with Crippen molar-refractivity contribution in [2.45, 2.75) is 0 Å². The second-order valence-corrected chi connectivity index (χ2v) is 5.90. The van der Waals surface area contributed by atoms with Gasteiger partial charge < -0.3 is 14.5 Å². The second kappa shape index (κ2) is 6.92. The van der Waals surface area contributed by atoms with Crippen LogP contribution in [0.1, 0.15) is 10.4 Å².